The molecule has 0 aromatic rings. The number of carbonyl (C=O) groups is 1. The van der Waals surface area contributed by atoms with Gasteiger partial charge in [-0.05, 0) is 39.2 Å². The Morgan fingerprint density at radius 3 is 1.93 bits per heavy atom. The average molecular weight is 188 g/mol. The Hall–Kier alpha value is -2.02. The van der Waals surface area contributed by atoms with Gasteiger partial charge >= 0.3 is 0 Å². The summed E-state index contributed by atoms with van der Waals surface area (Å²) in [6.07, 6.45) is 1.61. The van der Waals surface area contributed by atoms with Crippen molar-refractivity contribution < 1.29 is 9.59 Å². The molecule has 0 aromatic carbocycles. The number of ketones is 1. The predicted molar refractivity (Wildman–Crippen MR) is 55.5 cm³/mol. The quantitative estimate of drug-likeness (QED) is 0.359. The highest BCUT2D eigenvalue weighted by molar-refractivity contribution is 5.87. The Bertz CT molecular complexity index is 358. The third-order valence-corrected chi connectivity index (χ3v) is 0.756. The molecule has 0 atom stereocenters. The zero-order valence-electron chi connectivity index (χ0n) is 8.60. The van der Waals surface area contributed by atoms with Gasteiger partial charge in [-0.1, -0.05) is 11.3 Å². The Balaban J connectivity index is 0. The first-order valence-corrected chi connectivity index (χ1v) is 3.84. The summed E-state index contributed by atoms with van der Waals surface area (Å²) >= 11 is 0. The fraction of sp³-hybridized carbons (Fsp3) is 0.250. The molecule has 0 saturated carbocycles. The van der Waals surface area contributed by atoms with Crippen LogP contribution in [-0.2, 0) is 9.59 Å². The maximum absolute atomic E-state index is 10.2. The minimum atomic E-state index is 0.125. The van der Waals surface area contributed by atoms with E-state index >= 15 is 0 Å². The van der Waals surface area contributed by atoms with Crippen LogP contribution in [0.15, 0.2) is 41.2 Å². The molecule has 0 aliphatic heterocycles. The first-order valence-electron chi connectivity index (χ1n) is 3.84. The van der Waals surface area contributed by atoms with Gasteiger partial charge in [0.1, 0.15) is 0 Å². The van der Waals surface area contributed by atoms with Gasteiger partial charge in [0.2, 0.25) is 0 Å². The van der Waals surface area contributed by atoms with E-state index in [1.165, 1.54) is 5.94 Å². The van der Waals surface area contributed by atoms with Gasteiger partial charge in [-0.2, -0.15) is 0 Å². The van der Waals surface area contributed by atoms with Gasteiger partial charge in [-0.3, -0.25) is 4.79 Å². The molecule has 0 amide bonds. The highest BCUT2D eigenvalue weighted by Gasteiger charge is 1.80. The molecule has 0 spiro atoms. The normalized spacial score (nSPS) is 5.64. The van der Waals surface area contributed by atoms with Crippen molar-refractivity contribution in [3.8, 4) is 0 Å². The molecule has 0 rings (SSSR count). The molecule has 0 bridgehead atoms. The predicted octanol–water partition coefficient (Wildman–Crippen LogP) is 2.17. The Labute approximate surface area is 83.9 Å². The highest BCUT2D eigenvalue weighted by Crippen LogP contribution is 1.86. The smallest absolute Gasteiger partial charge is 0.186 e. The van der Waals surface area contributed by atoms with Crippen LogP contribution in [0.25, 0.3) is 0 Å². The molecule has 0 heterocycles. The zero-order valence-corrected chi connectivity index (χ0v) is 8.60. The zero-order chi connectivity index (χ0) is 11.4. The lowest BCUT2D eigenvalue weighted by atomic mass is 10.3. The van der Waals surface area contributed by atoms with Crippen molar-refractivity contribution in [2.45, 2.75) is 20.8 Å². The molecule has 14 heavy (non-hydrogen) atoms. The lowest BCUT2D eigenvalue weighted by molar-refractivity contribution is -0.112. The van der Waals surface area contributed by atoms with E-state index in [9.17, 15) is 9.59 Å². The lowest BCUT2D eigenvalue weighted by Gasteiger charge is -1.80. The molecule has 0 N–H and O–H groups in total. The summed E-state index contributed by atoms with van der Waals surface area (Å²) in [5.74, 6) is 1.49. The van der Waals surface area contributed by atoms with Crippen molar-refractivity contribution in [3.63, 3.8) is 0 Å². The van der Waals surface area contributed by atoms with Gasteiger partial charge in [-0.15, -0.1) is 0 Å². The van der Waals surface area contributed by atoms with Gasteiger partial charge in [0.25, 0.3) is 0 Å². The fourth-order valence-corrected chi connectivity index (χ4v) is 0.507. The molecular formula is C12H12O2. The van der Waals surface area contributed by atoms with Crippen LogP contribution >= 0.6 is 0 Å². The van der Waals surface area contributed by atoms with Gasteiger partial charge < -0.3 is 0 Å². The van der Waals surface area contributed by atoms with Crippen molar-refractivity contribution in [3.05, 3.63) is 41.2 Å². The topological polar surface area (TPSA) is 34.1 Å². The molecule has 0 aliphatic rings. The average Bonchev–Trinajstić information content (AvgIpc) is 2.04. The summed E-state index contributed by atoms with van der Waals surface area (Å²) in [7, 11) is 0. The number of carbonyl (C=O) groups excluding carboxylic acids is 2. The molecule has 0 aromatic heterocycles. The van der Waals surface area contributed by atoms with Crippen molar-refractivity contribution in [1.82, 2.24) is 0 Å². The number of hydrogen-bond donors (Lipinski definition) is 0. The van der Waals surface area contributed by atoms with E-state index in [0.717, 1.165) is 5.57 Å². The fourth-order valence-electron chi connectivity index (χ4n) is 0.507. The lowest BCUT2D eigenvalue weighted by Crippen LogP contribution is -1.80. The Morgan fingerprint density at radius 1 is 1.14 bits per heavy atom. The van der Waals surface area contributed by atoms with E-state index in [-0.39, 0.29) is 5.78 Å². The molecule has 0 unspecified atom stereocenters. The van der Waals surface area contributed by atoms with Gasteiger partial charge in [0.05, 0.1) is 0 Å². The largest absolute Gasteiger partial charge is 0.295 e. The summed E-state index contributed by atoms with van der Waals surface area (Å²) in [5, 5.41) is 0. The van der Waals surface area contributed by atoms with Crippen molar-refractivity contribution in [1.29, 1.82) is 0 Å². The van der Waals surface area contributed by atoms with E-state index in [4.69, 9.17) is 0 Å². The Kier molecular flexibility index (Phi) is 11.4. The summed E-state index contributed by atoms with van der Waals surface area (Å²) in [6.45, 7) is 8.52. The number of hydrogen-bond acceptors (Lipinski definition) is 2. The highest BCUT2D eigenvalue weighted by atomic mass is 16.1. The van der Waals surface area contributed by atoms with Crippen LogP contribution in [0.4, 0.5) is 0 Å². The van der Waals surface area contributed by atoms with Gasteiger partial charge in [0, 0.05) is 11.5 Å². The maximum Gasteiger partial charge on any atom is 0.186 e. The minimum Gasteiger partial charge on any atom is -0.295 e. The van der Waals surface area contributed by atoms with E-state index in [1.54, 1.807) is 13.0 Å². The molecule has 0 fully saturated rings. The maximum atomic E-state index is 10.2. The van der Waals surface area contributed by atoms with Gasteiger partial charge in [0.15, 0.2) is 11.7 Å². The second kappa shape index (κ2) is 11.0. The SMILES string of the molecule is C=C=C=C=C=C=O.CC(=O)C=C(C)C. The molecule has 0 radical (unpaired) electrons. The molecule has 0 aliphatic carbocycles. The molecule has 0 saturated heterocycles. The second-order valence-electron chi connectivity index (χ2n) is 2.49. The molecule has 72 valence electrons. The first-order chi connectivity index (χ1) is 6.54. The number of allylic oxidation sites excluding steroid dienone is 2. The van der Waals surface area contributed by atoms with Crippen LogP contribution in [-0.4, -0.2) is 11.7 Å². The first kappa shape index (κ1) is 14.5. The summed E-state index contributed by atoms with van der Waals surface area (Å²) < 4.78 is 0. The van der Waals surface area contributed by atoms with Crippen molar-refractivity contribution in [2.24, 2.45) is 0 Å². The molecular weight excluding hydrogens is 176 g/mol. The van der Waals surface area contributed by atoms with Crippen molar-refractivity contribution in [2.75, 3.05) is 0 Å². The van der Waals surface area contributed by atoms with Crippen LogP contribution in [0, 0.1) is 0 Å². The number of rotatable bonds is 1. The van der Waals surface area contributed by atoms with Gasteiger partial charge in [-0.25, -0.2) is 4.79 Å². The van der Waals surface area contributed by atoms with E-state index in [2.05, 4.69) is 23.8 Å². The summed E-state index contributed by atoms with van der Waals surface area (Å²) in [6, 6.07) is 0. The van der Waals surface area contributed by atoms with Crippen molar-refractivity contribution >= 4 is 11.7 Å². The third-order valence-electron chi connectivity index (χ3n) is 0.756. The third kappa shape index (κ3) is 22.5. The van der Waals surface area contributed by atoms with E-state index in [0.29, 0.717) is 0 Å². The second-order valence-corrected chi connectivity index (χ2v) is 2.49. The molecule has 2 heteroatoms. The van der Waals surface area contributed by atoms with Crippen LogP contribution in [0.3, 0.4) is 0 Å². The van der Waals surface area contributed by atoms with Crippen LogP contribution in [0.5, 0.6) is 0 Å². The standard InChI is InChI=1S/C6H10O.C6H2O/c1-5(2)4-6(3)7;1-2-3-4-5-6-7/h4H,1-3H3;1H2. The minimum absolute atomic E-state index is 0.125. The summed E-state index contributed by atoms with van der Waals surface area (Å²) in [5.41, 5.74) is 9.74. The van der Waals surface area contributed by atoms with E-state index in [1.807, 2.05) is 19.6 Å². The van der Waals surface area contributed by atoms with Crippen LogP contribution in [0.2, 0.25) is 0 Å². The monoisotopic (exact) mass is 188 g/mol. The van der Waals surface area contributed by atoms with Crippen LogP contribution < -0.4 is 0 Å². The molecule has 2 nitrogen and oxygen atoms in total. The Morgan fingerprint density at radius 2 is 1.71 bits per heavy atom. The van der Waals surface area contributed by atoms with Crippen LogP contribution in [0.1, 0.15) is 20.8 Å². The van der Waals surface area contributed by atoms with E-state index < -0.39 is 0 Å². The summed E-state index contributed by atoms with van der Waals surface area (Å²) in [4.78, 5) is 19.5.